The Balaban J connectivity index is 2.23. The summed E-state index contributed by atoms with van der Waals surface area (Å²) in [6.07, 6.45) is 0. The van der Waals surface area contributed by atoms with E-state index in [1.807, 2.05) is 13.8 Å². The lowest BCUT2D eigenvalue weighted by Gasteiger charge is -2.01. The number of rotatable bonds is 2. The quantitative estimate of drug-likeness (QED) is 0.817. The second kappa shape index (κ2) is 4.51. The predicted octanol–water partition coefficient (Wildman–Crippen LogP) is 4.45. The fourth-order valence-electron chi connectivity index (χ4n) is 1.13. The summed E-state index contributed by atoms with van der Waals surface area (Å²) >= 11 is 4.54. The van der Waals surface area contributed by atoms with Crippen molar-refractivity contribution < 1.29 is 9.13 Å². The largest absolute Gasteiger partial charge is 0.431 e. The van der Waals surface area contributed by atoms with Gasteiger partial charge in [-0.15, -0.1) is 0 Å². The van der Waals surface area contributed by atoms with Gasteiger partial charge >= 0.3 is 0 Å². The molecule has 2 aromatic rings. The summed E-state index contributed by atoms with van der Waals surface area (Å²) < 4.78 is 19.1. The summed E-state index contributed by atoms with van der Waals surface area (Å²) in [6.45, 7) is 3.89. The van der Waals surface area contributed by atoms with Crippen LogP contribution in [0.1, 0.15) is 10.6 Å². The average Bonchev–Trinajstić information content (AvgIpc) is 2.52. The molecule has 0 radical (unpaired) electrons. The van der Waals surface area contributed by atoms with Gasteiger partial charge in [0.1, 0.15) is 11.6 Å². The SMILES string of the molecule is Cc1nc(Oc2ccc(Br)c(F)c2)sc1C. The zero-order chi connectivity index (χ0) is 11.7. The van der Waals surface area contributed by atoms with Crippen LogP contribution in [0.3, 0.4) is 0 Å². The van der Waals surface area contributed by atoms with E-state index in [0.717, 1.165) is 10.6 Å². The van der Waals surface area contributed by atoms with E-state index in [4.69, 9.17) is 4.74 Å². The molecule has 0 unspecified atom stereocenters. The van der Waals surface area contributed by atoms with Gasteiger partial charge in [-0.3, -0.25) is 0 Å². The first-order valence-electron chi connectivity index (χ1n) is 4.63. The first kappa shape index (κ1) is 11.5. The summed E-state index contributed by atoms with van der Waals surface area (Å²) in [5.74, 6) is 0.108. The van der Waals surface area contributed by atoms with Crippen LogP contribution in [0.5, 0.6) is 10.9 Å². The topological polar surface area (TPSA) is 22.1 Å². The molecule has 84 valence electrons. The Morgan fingerprint density at radius 1 is 1.38 bits per heavy atom. The Labute approximate surface area is 105 Å². The van der Waals surface area contributed by atoms with E-state index in [0.29, 0.717) is 15.4 Å². The van der Waals surface area contributed by atoms with Crippen LogP contribution < -0.4 is 4.74 Å². The van der Waals surface area contributed by atoms with Crippen molar-refractivity contribution in [1.82, 2.24) is 4.98 Å². The van der Waals surface area contributed by atoms with Crippen molar-refractivity contribution in [2.45, 2.75) is 13.8 Å². The number of thiazole rings is 1. The Bertz CT molecular complexity index is 507. The Kier molecular flexibility index (Phi) is 3.25. The summed E-state index contributed by atoms with van der Waals surface area (Å²) in [5.41, 5.74) is 0.942. The van der Waals surface area contributed by atoms with E-state index in [1.165, 1.54) is 17.4 Å². The third kappa shape index (κ3) is 2.41. The number of halogens is 2. The van der Waals surface area contributed by atoms with Crippen LogP contribution >= 0.6 is 27.3 Å². The van der Waals surface area contributed by atoms with Crippen molar-refractivity contribution in [2.75, 3.05) is 0 Å². The number of aromatic nitrogens is 1. The van der Waals surface area contributed by atoms with E-state index in [1.54, 1.807) is 12.1 Å². The molecular weight excluding hydrogens is 293 g/mol. The third-order valence-corrected chi connectivity index (χ3v) is 3.70. The van der Waals surface area contributed by atoms with Gasteiger partial charge in [-0.2, -0.15) is 0 Å². The molecule has 5 heteroatoms. The zero-order valence-corrected chi connectivity index (χ0v) is 11.2. The minimum Gasteiger partial charge on any atom is -0.431 e. The number of aryl methyl sites for hydroxylation is 2. The summed E-state index contributed by atoms with van der Waals surface area (Å²) in [6, 6.07) is 4.63. The van der Waals surface area contributed by atoms with Crippen LogP contribution in [0.4, 0.5) is 4.39 Å². The normalized spacial score (nSPS) is 10.5. The molecule has 2 nitrogen and oxygen atoms in total. The highest BCUT2D eigenvalue weighted by Crippen LogP contribution is 2.30. The Hall–Kier alpha value is -0.940. The highest BCUT2D eigenvalue weighted by Gasteiger charge is 2.07. The molecular formula is C11H9BrFNOS. The second-order valence-corrected chi connectivity index (χ2v) is 5.32. The van der Waals surface area contributed by atoms with Gasteiger partial charge in [0.15, 0.2) is 0 Å². The van der Waals surface area contributed by atoms with Crippen LogP contribution in [-0.4, -0.2) is 4.98 Å². The van der Waals surface area contributed by atoms with E-state index >= 15 is 0 Å². The van der Waals surface area contributed by atoms with Crippen molar-refractivity contribution in [1.29, 1.82) is 0 Å². The first-order chi connectivity index (χ1) is 7.56. The van der Waals surface area contributed by atoms with Gasteiger partial charge in [0.05, 0.1) is 10.2 Å². The van der Waals surface area contributed by atoms with Crippen LogP contribution in [0.25, 0.3) is 0 Å². The molecule has 0 N–H and O–H groups in total. The molecule has 0 amide bonds. The number of benzene rings is 1. The van der Waals surface area contributed by atoms with E-state index < -0.39 is 0 Å². The van der Waals surface area contributed by atoms with Crippen molar-refractivity contribution in [2.24, 2.45) is 0 Å². The number of ether oxygens (including phenoxy) is 1. The van der Waals surface area contributed by atoms with Crippen LogP contribution in [0.2, 0.25) is 0 Å². The number of hydrogen-bond donors (Lipinski definition) is 0. The second-order valence-electron chi connectivity index (χ2n) is 3.30. The molecule has 0 aliphatic heterocycles. The van der Waals surface area contributed by atoms with Crippen molar-refractivity contribution in [3.05, 3.63) is 39.1 Å². The smallest absolute Gasteiger partial charge is 0.279 e. The maximum Gasteiger partial charge on any atom is 0.279 e. The molecule has 0 saturated carbocycles. The minimum atomic E-state index is -0.345. The predicted molar refractivity (Wildman–Crippen MR) is 65.8 cm³/mol. The highest BCUT2D eigenvalue weighted by molar-refractivity contribution is 9.10. The maximum absolute atomic E-state index is 13.2. The standard InChI is InChI=1S/C11H9BrFNOS/c1-6-7(2)16-11(14-6)15-8-3-4-9(12)10(13)5-8/h3-5H,1-2H3. The number of nitrogens with zero attached hydrogens (tertiary/aromatic N) is 1. The van der Waals surface area contributed by atoms with Gasteiger partial charge in [-0.05, 0) is 41.9 Å². The number of hydrogen-bond acceptors (Lipinski definition) is 3. The molecule has 0 atom stereocenters. The van der Waals surface area contributed by atoms with E-state index in [9.17, 15) is 4.39 Å². The Morgan fingerprint density at radius 2 is 2.12 bits per heavy atom. The van der Waals surface area contributed by atoms with Crippen molar-refractivity contribution in [3.63, 3.8) is 0 Å². The molecule has 0 fully saturated rings. The van der Waals surface area contributed by atoms with Crippen LogP contribution in [0, 0.1) is 19.7 Å². The van der Waals surface area contributed by atoms with Gasteiger partial charge < -0.3 is 4.74 Å². The van der Waals surface area contributed by atoms with Crippen LogP contribution in [-0.2, 0) is 0 Å². The van der Waals surface area contributed by atoms with Gasteiger partial charge in [0.2, 0.25) is 0 Å². The van der Waals surface area contributed by atoms with Crippen LogP contribution in [0.15, 0.2) is 22.7 Å². The molecule has 1 heterocycles. The molecule has 2 rings (SSSR count). The molecule has 0 saturated heterocycles. The van der Waals surface area contributed by atoms with Crippen molar-refractivity contribution >= 4 is 27.3 Å². The molecule has 1 aromatic heterocycles. The molecule has 0 aliphatic rings. The lowest BCUT2D eigenvalue weighted by molar-refractivity contribution is 0.472. The lowest BCUT2D eigenvalue weighted by atomic mass is 10.3. The van der Waals surface area contributed by atoms with Crippen molar-refractivity contribution in [3.8, 4) is 10.9 Å². The summed E-state index contributed by atoms with van der Waals surface area (Å²) in [4.78, 5) is 5.32. The summed E-state index contributed by atoms with van der Waals surface area (Å²) in [7, 11) is 0. The molecule has 16 heavy (non-hydrogen) atoms. The minimum absolute atomic E-state index is 0.345. The average molecular weight is 302 g/mol. The molecule has 0 aliphatic carbocycles. The van der Waals surface area contributed by atoms with Gasteiger partial charge in [-0.25, -0.2) is 9.37 Å². The fourth-order valence-corrected chi connectivity index (χ4v) is 2.15. The highest BCUT2D eigenvalue weighted by atomic mass is 79.9. The maximum atomic E-state index is 13.2. The van der Waals surface area contributed by atoms with Gasteiger partial charge in [0.25, 0.3) is 5.19 Å². The lowest BCUT2D eigenvalue weighted by Crippen LogP contribution is -1.85. The van der Waals surface area contributed by atoms with E-state index in [2.05, 4.69) is 20.9 Å². The molecule has 0 spiro atoms. The van der Waals surface area contributed by atoms with E-state index in [-0.39, 0.29) is 5.82 Å². The first-order valence-corrected chi connectivity index (χ1v) is 6.24. The molecule has 1 aromatic carbocycles. The monoisotopic (exact) mass is 301 g/mol. The molecule has 0 bridgehead atoms. The zero-order valence-electron chi connectivity index (χ0n) is 8.75. The fraction of sp³-hybridized carbons (Fsp3) is 0.182. The van der Waals surface area contributed by atoms with Gasteiger partial charge in [-0.1, -0.05) is 11.3 Å². The Morgan fingerprint density at radius 3 is 2.69 bits per heavy atom. The summed E-state index contributed by atoms with van der Waals surface area (Å²) in [5, 5.41) is 0.539. The van der Waals surface area contributed by atoms with Gasteiger partial charge in [0, 0.05) is 10.9 Å². The third-order valence-electron chi connectivity index (χ3n) is 2.11.